The molecule has 3 N–H and O–H groups in total. The number of nitrogens with two attached hydrogens (primary N) is 1. The summed E-state index contributed by atoms with van der Waals surface area (Å²) in [6.07, 6.45) is 2.12. The number of piperidine rings is 1. The second-order valence-electron chi connectivity index (χ2n) is 4.31. The van der Waals surface area contributed by atoms with Crippen LogP contribution in [0, 0.1) is 17.6 Å². The lowest BCUT2D eigenvalue weighted by atomic mass is 9.88. The van der Waals surface area contributed by atoms with E-state index in [1.807, 2.05) is 0 Å². The first-order chi connectivity index (χ1) is 7.68. The van der Waals surface area contributed by atoms with Crippen LogP contribution in [0.15, 0.2) is 18.2 Å². The molecule has 0 aliphatic carbocycles. The Kier molecular flexibility index (Phi) is 3.51. The number of benzene rings is 1. The Morgan fingerprint density at radius 1 is 1.31 bits per heavy atom. The molecule has 1 aromatic rings. The van der Waals surface area contributed by atoms with Crippen molar-refractivity contribution in [3.63, 3.8) is 0 Å². The maximum atomic E-state index is 13.1. The van der Waals surface area contributed by atoms with Crippen LogP contribution in [0.5, 0.6) is 0 Å². The van der Waals surface area contributed by atoms with Gasteiger partial charge in [-0.15, -0.1) is 0 Å². The zero-order chi connectivity index (χ0) is 11.5. The zero-order valence-corrected chi connectivity index (χ0v) is 9.05. The normalized spacial score (nSPS) is 23.1. The second-order valence-corrected chi connectivity index (χ2v) is 4.31. The SMILES string of the molecule is NC(c1ccc(F)c(F)c1)C1CCCNC1. The summed E-state index contributed by atoms with van der Waals surface area (Å²) in [5.41, 5.74) is 6.73. The monoisotopic (exact) mass is 226 g/mol. The fourth-order valence-corrected chi connectivity index (χ4v) is 2.18. The average Bonchev–Trinajstić information content (AvgIpc) is 2.33. The van der Waals surface area contributed by atoms with Crippen LogP contribution in [0.1, 0.15) is 24.4 Å². The molecule has 1 aliphatic rings. The van der Waals surface area contributed by atoms with Crippen molar-refractivity contribution in [1.29, 1.82) is 0 Å². The van der Waals surface area contributed by atoms with Gasteiger partial charge in [-0.3, -0.25) is 0 Å². The fraction of sp³-hybridized carbons (Fsp3) is 0.500. The summed E-state index contributed by atoms with van der Waals surface area (Å²) in [6, 6.07) is 3.69. The van der Waals surface area contributed by atoms with Gasteiger partial charge in [0.05, 0.1) is 0 Å². The molecule has 1 heterocycles. The van der Waals surface area contributed by atoms with E-state index in [9.17, 15) is 8.78 Å². The first-order valence-electron chi connectivity index (χ1n) is 5.59. The van der Waals surface area contributed by atoms with E-state index in [0.717, 1.165) is 32.0 Å². The topological polar surface area (TPSA) is 38.0 Å². The van der Waals surface area contributed by atoms with Crippen LogP contribution in [-0.4, -0.2) is 13.1 Å². The van der Waals surface area contributed by atoms with Gasteiger partial charge >= 0.3 is 0 Å². The van der Waals surface area contributed by atoms with Crippen LogP contribution < -0.4 is 11.1 Å². The number of halogens is 2. The van der Waals surface area contributed by atoms with E-state index in [1.54, 1.807) is 6.07 Å². The average molecular weight is 226 g/mol. The van der Waals surface area contributed by atoms with Crippen molar-refractivity contribution in [3.05, 3.63) is 35.4 Å². The summed E-state index contributed by atoms with van der Waals surface area (Å²) in [7, 11) is 0. The lowest BCUT2D eigenvalue weighted by Crippen LogP contribution is -2.36. The molecule has 0 radical (unpaired) electrons. The molecule has 1 aliphatic heterocycles. The van der Waals surface area contributed by atoms with Gasteiger partial charge in [-0.25, -0.2) is 8.78 Å². The molecule has 0 saturated carbocycles. The Bertz CT molecular complexity index is 362. The number of nitrogens with one attached hydrogen (secondary N) is 1. The summed E-state index contributed by atoms with van der Waals surface area (Å²) in [6.45, 7) is 1.86. The molecule has 2 rings (SSSR count). The third-order valence-electron chi connectivity index (χ3n) is 3.17. The van der Waals surface area contributed by atoms with Crippen molar-refractivity contribution in [2.24, 2.45) is 11.7 Å². The van der Waals surface area contributed by atoms with Crippen molar-refractivity contribution in [2.45, 2.75) is 18.9 Å². The molecule has 4 heteroatoms. The van der Waals surface area contributed by atoms with E-state index < -0.39 is 11.6 Å². The van der Waals surface area contributed by atoms with Gasteiger partial charge in [-0.1, -0.05) is 6.07 Å². The Labute approximate surface area is 93.8 Å². The minimum Gasteiger partial charge on any atom is -0.324 e. The first kappa shape index (κ1) is 11.5. The minimum atomic E-state index is -0.822. The van der Waals surface area contributed by atoms with E-state index in [4.69, 9.17) is 5.73 Å². The van der Waals surface area contributed by atoms with E-state index in [0.29, 0.717) is 11.5 Å². The molecule has 1 aromatic carbocycles. The Morgan fingerprint density at radius 2 is 2.12 bits per heavy atom. The van der Waals surface area contributed by atoms with Gasteiger partial charge in [-0.05, 0) is 49.5 Å². The molecule has 0 spiro atoms. The van der Waals surface area contributed by atoms with Gasteiger partial charge in [0.1, 0.15) is 0 Å². The smallest absolute Gasteiger partial charge is 0.159 e. The van der Waals surface area contributed by atoms with E-state index in [2.05, 4.69) is 5.32 Å². The largest absolute Gasteiger partial charge is 0.324 e. The second kappa shape index (κ2) is 4.89. The molecule has 0 bridgehead atoms. The predicted molar refractivity (Wildman–Crippen MR) is 58.9 cm³/mol. The molecule has 0 amide bonds. The minimum absolute atomic E-state index is 0.220. The van der Waals surface area contributed by atoms with Gasteiger partial charge in [0.25, 0.3) is 0 Å². The van der Waals surface area contributed by atoms with Gasteiger partial charge in [0.2, 0.25) is 0 Å². The summed E-state index contributed by atoms with van der Waals surface area (Å²) in [4.78, 5) is 0. The number of hydrogen-bond donors (Lipinski definition) is 2. The molecular formula is C12H16F2N2. The van der Waals surface area contributed by atoms with Gasteiger partial charge in [0.15, 0.2) is 11.6 Å². The van der Waals surface area contributed by atoms with Crippen molar-refractivity contribution in [3.8, 4) is 0 Å². The molecule has 1 saturated heterocycles. The van der Waals surface area contributed by atoms with Crippen molar-refractivity contribution in [1.82, 2.24) is 5.32 Å². The van der Waals surface area contributed by atoms with Crippen LogP contribution in [0.25, 0.3) is 0 Å². The Hall–Kier alpha value is -1.00. The number of rotatable bonds is 2. The summed E-state index contributed by atoms with van der Waals surface area (Å²) >= 11 is 0. The highest BCUT2D eigenvalue weighted by Gasteiger charge is 2.22. The highest BCUT2D eigenvalue weighted by Crippen LogP contribution is 2.25. The first-order valence-corrected chi connectivity index (χ1v) is 5.59. The van der Waals surface area contributed by atoms with Crippen LogP contribution in [0.4, 0.5) is 8.78 Å². The molecular weight excluding hydrogens is 210 g/mol. The highest BCUT2D eigenvalue weighted by molar-refractivity contribution is 5.21. The molecule has 2 unspecified atom stereocenters. The van der Waals surface area contributed by atoms with Crippen molar-refractivity contribution >= 4 is 0 Å². The summed E-state index contributed by atoms with van der Waals surface area (Å²) < 4.78 is 25.8. The zero-order valence-electron chi connectivity index (χ0n) is 9.05. The van der Waals surface area contributed by atoms with Crippen LogP contribution in [-0.2, 0) is 0 Å². The van der Waals surface area contributed by atoms with Crippen molar-refractivity contribution in [2.75, 3.05) is 13.1 Å². The lowest BCUT2D eigenvalue weighted by Gasteiger charge is -2.28. The van der Waals surface area contributed by atoms with Gasteiger partial charge in [-0.2, -0.15) is 0 Å². The van der Waals surface area contributed by atoms with E-state index in [1.165, 1.54) is 6.07 Å². The summed E-state index contributed by atoms with van der Waals surface area (Å²) in [5.74, 6) is -1.34. The van der Waals surface area contributed by atoms with E-state index in [-0.39, 0.29) is 6.04 Å². The quantitative estimate of drug-likeness (QED) is 0.809. The number of hydrogen-bond acceptors (Lipinski definition) is 2. The van der Waals surface area contributed by atoms with Crippen LogP contribution >= 0.6 is 0 Å². The fourth-order valence-electron chi connectivity index (χ4n) is 2.18. The Balaban J connectivity index is 2.12. The molecule has 88 valence electrons. The predicted octanol–water partition coefficient (Wildman–Crippen LogP) is 1.96. The maximum Gasteiger partial charge on any atom is 0.159 e. The van der Waals surface area contributed by atoms with Gasteiger partial charge in [0, 0.05) is 6.04 Å². The third kappa shape index (κ3) is 2.39. The van der Waals surface area contributed by atoms with Gasteiger partial charge < -0.3 is 11.1 Å². The Morgan fingerprint density at radius 3 is 2.75 bits per heavy atom. The van der Waals surface area contributed by atoms with Crippen LogP contribution in [0.2, 0.25) is 0 Å². The third-order valence-corrected chi connectivity index (χ3v) is 3.17. The van der Waals surface area contributed by atoms with Crippen LogP contribution in [0.3, 0.4) is 0 Å². The standard InChI is InChI=1S/C12H16F2N2/c13-10-4-3-8(6-11(10)14)12(15)9-2-1-5-16-7-9/h3-4,6,9,12,16H,1-2,5,7,15H2. The lowest BCUT2D eigenvalue weighted by molar-refractivity contribution is 0.325. The van der Waals surface area contributed by atoms with Crippen molar-refractivity contribution < 1.29 is 8.78 Å². The highest BCUT2D eigenvalue weighted by atomic mass is 19.2. The molecule has 16 heavy (non-hydrogen) atoms. The molecule has 2 atom stereocenters. The maximum absolute atomic E-state index is 13.1. The summed E-state index contributed by atoms with van der Waals surface area (Å²) in [5, 5.41) is 3.26. The molecule has 0 aromatic heterocycles. The molecule has 1 fully saturated rings. The molecule has 2 nitrogen and oxygen atoms in total. The van der Waals surface area contributed by atoms with E-state index >= 15 is 0 Å².